The van der Waals surface area contributed by atoms with Crippen molar-refractivity contribution >= 4 is 39.7 Å². The molecule has 2 aromatic carbocycles. The number of benzene rings is 2. The van der Waals surface area contributed by atoms with E-state index in [1.807, 2.05) is 48.3 Å². The van der Waals surface area contributed by atoms with Gasteiger partial charge in [-0.25, -0.2) is 9.97 Å². The molecule has 0 saturated carbocycles. The number of hydrogen-bond acceptors (Lipinski definition) is 9. The zero-order valence-electron chi connectivity index (χ0n) is 25.1. The maximum atomic E-state index is 12.5. The van der Waals surface area contributed by atoms with Crippen LogP contribution in [0, 0.1) is 0 Å². The molecule has 2 fully saturated rings. The van der Waals surface area contributed by atoms with Gasteiger partial charge < -0.3 is 25.2 Å². The van der Waals surface area contributed by atoms with Gasteiger partial charge in [0.15, 0.2) is 0 Å². The van der Waals surface area contributed by atoms with E-state index >= 15 is 0 Å². The lowest BCUT2D eigenvalue weighted by Gasteiger charge is -2.43. The second kappa shape index (κ2) is 12.4. The number of amides is 1. The van der Waals surface area contributed by atoms with Gasteiger partial charge in [0.2, 0.25) is 5.91 Å². The van der Waals surface area contributed by atoms with Crippen LogP contribution in [0.15, 0.2) is 61.6 Å². The third kappa shape index (κ3) is 6.18. The number of likely N-dealkylation sites (tertiary alicyclic amines) is 1. The quantitative estimate of drug-likeness (QED) is 0.298. The lowest BCUT2D eigenvalue weighted by molar-refractivity contribution is -0.111. The Bertz CT molecular complexity index is 1620. The molecule has 2 aliphatic heterocycles. The molecule has 0 unspecified atom stereocenters. The van der Waals surface area contributed by atoms with Crippen LogP contribution in [0.5, 0.6) is 5.75 Å². The summed E-state index contributed by atoms with van der Waals surface area (Å²) in [5.41, 5.74) is 5.06. The third-order valence-electron chi connectivity index (χ3n) is 8.60. The molecule has 6 rings (SSSR count). The summed E-state index contributed by atoms with van der Waals surface area (Å²) < 4.78 is 7.69. The lowest BCUT2D eigenvalue weighted by Crippen LogP contribution is -2.53. The van der Waals surface area contributed by atoms with E-state index in [-0.39, 0.29) is 5.91 Å². The van der Waals surface area contributed by atoms with E-state index in [0.29, 0.717) is 29.0 Å². The number of carbonyl (C=O) groups is 1. The van der Waals surface area contributed by atoms with Gasteiger partial charge in [-0.15, -0.1) is 0 Å². The zero-order valence-corrected chi connectivity index (χ0v) is 25.1. The van der Waals surface area contributed by atoms with Crippen LogP contribution in [0.4, 0.5) is 22.9 Å². The van der Waals surface area contributed by atoms with Gasteiger partial charge >= 0.3 is 0 Å². The molecule has 2 N–H and O–H groups in total. The fourth-order valence-electron chi connectivity index (χ4n) is 6.09. The summed E-state index contributed by atoms with van der Waals surface area (Å²) in [5, 5.41) is 11.8. The van der Waals surface area contributed by atoms with Crippen molar-refractivity contribution in [3.63, 3.8) is 0 Å². The fraction of sp³-hybridized carbons (Fsp3) is 0.375. The average Bonchev–Trinajstić information content (AvgIpc) is 3.41. The van der Waals surface area contributed by atoms with E-state index in [9.17, 15) is 4.79 Å². The number of aromatic nitrogens is 4. The molecule has 11 heteroatoms. The number of anilines is 4. The largest absolute Gasteiger partial charge is 0.494 e. The molecule has 11 nitrogen and oxygen atoms in total. The Hall–Kier alpha value is -4.48. The molecule has 224 valence electrons. The highest BCUT2D eigenvalue weighted by Gasteiger charge is 2.28. The van der Waals surface area contributed by atoms with Gasteiger partial charge in [0.1, 0.15) is 17.9 Å². The molecule has 1 amide bonds. The number of rotatable bonds is 8. The van der Waals surface area contributed by atoms with Crippen LogP contribution in [0.25, 0.3) is 22.2 Å². The van der Waals surface area contributed by atoms with Crippen LogP contribution in [-0.2, 0) is 11.8 Å². The molecule has 0 radical (unpaired) electrons. The summed E-state index contributed by atoms with van der Waals surface area (Å²) >= 11 is 0. The Morgan fingerprint density at radius 2 is 1.79 bits per heavy atom. The number of nitrogens with zero attached hydrogens (tertiary/aromatic N) is 7. The maximum Gasteiger partial charge on any atom is 0.247 e. The zero-order chi connectivity index (χ0) is 29.9. The minimum atomic E-state index is -0.266. The van der Waals surface area contributed by atoms with E-state index in [1.54, 1.807) is 7.11 Å². The SMILES string of the molecule is C=CC(=O)Nc1cc(Nc2cc(-c3ccc4cnn(C)c4c3)ncn2)c(OC)cc1N1CCN(C2CCN(C)CC2)CC1. The number of piperidine rings is 1. The molecule has 2 saturated heterocycles. The third-order valence-corrected chi connectivity index (χ3v) is 8.60. The van der Waals surface area contributed by atoms with Gasteiger partial charge in [0.05, 0.1) is 41.6 Å². The fourth-order valence-corrected chi connectivity index (χ4v) is 6.09. The normalized spacial score (nSPS) is 16.8. The predicted octanol–water partition coefficient (Wildman–Crippen LogP) is 4.12. The number of fused-ring (bicyclic) bond motifs is 1. The Morgan fingerprint density at radius 1 is 1.00 bits per heavy atom. The van der Waals surface area contributed by atoms with Crippen molar-refractivity contribution in [2.24, 2.45) is 7.05 Å². The van der Waals surface area contributed by atoms with Crippen LogP contribution >= 0.6 is 0 Å². The van der Waals surface area contributed by atoms with Crippen LogP contribution in [-0.4, -0.2) is 94.9 Å². The first-order chi connectivity index (χ1) is 20.9. The van der Waals surface area contributed by atoms with Crippen molar-refractivity contribution in [1.29, 1.82) is 0 Å². The molecule has 4 heterocycles. The number of aryl methyl sites for hydroxylation is 1. The van der Waals surface area contributed by atoms with E-state index in [1.165, 1.54) is 25.2 Å². The van der Waals surface area contributed by atoms with Gasteiger partial charge in [0, 0.05) is 62.4 Å². The number of methoxy groups -OCH3 is 1. The minimum absolute atomic E-state index is 0.266. The average molecular weight is 582 g/mol. The molecule has 2 aliphatic rings. The molecule has 0 spiro atoms. The first-order valence-electron chi connectivity index (χ1n) is 14.8. The Morgan fingerprint density at radius 3 is 2.53 bits per heavy atom. The summed E-state index contributed by atoms with van der Waals surface area (Å²) in [7, 11) is 5.78. The second-order valence-corrected chi connectivity index (χ2v) is 11.3. The van der Waals surface area contributed by atoms with Gasteiger partial charge in [-0.05, 0) is 51.2 Å². The highest BCUT2D eigenvalue weighted by atomic mass is 16.5. The lowest BCUT2D eigenvalue weighted by atomic mass is 10.0. The molecule has 0 aliphatic carbocycles. The van der Waals surface area contributed by atoms with Crippen LogP contribution in [0.1, 0.15) is 12.8 Å². The number of ether oxygens (including phenoxy) is 1. The van der Waals surface area contributed by atoms with Gasteiger partial charge in [-0.2, -0.15) is 5.10 Å². The van der Waals surface area contributed by atoms with Crippen molar-refractivity contribution in [3.8, 4) is 17.0 Å². The smallest absolute Gasteiger partial charge is 0.247 e. The maximum absolute atomic E-state index is 12.5. The van der Waals surface area contributed by atoms with Crippen molar-refractivity contribution in [3.05, 3.63) is 61.6 Å². The summed E-state index contributed by atoms with van der Waals surface area (Å²) in [4.78, 5) is 28.8. The molecule has 2 aromatic heterocycles. The molecule has 4 aromatic rings. The van der Waals surface area contributed by atoms with Crippen LogP contribution < -0.4 is 20.3 Å². The summed E-state index contributed by atoms with van der Waals surface area (Å²) in [6.07, 6.45) is 7.10. The highest BCUT2D eigenvalue weighted by molar-refractivity contribution is 6.02. The Balaban J connectivity index is 1.25. The Labute approximate surface area is 252 Å². The van der Waals surface area contributed by atoms with E-state index in [2.05, 4.69) is 60.1 Å². The number of carbonyl (C=O) groups excluding carboxylic acids is 1. The molecular weight excluding hydrogens is 542 g/mol. The van der Waals surface area contributed by atoms with Crippen molar-refractivity contribution in [2.75, 3.05) is 69.0 Å². The number of piperazine rings is 1. The molecule has 43 heavy (non-hydrogen) atoms. The van der Waals surface area contributed by atoms with Crippen LogP contribution in [0.3, 0.4) is 0 Å². The molecular formula is C32H39N9O2. The molecule has 0 atom stereocenters. The summed E-state index contributed by atoms with van der Waals surface area (Å²) in [6, 6.07) is 12.6. The molecule has 0 bridgehead atoms. The van der Waals surface area contributed by atoms with Crippen molar-refractivity contribution in [1.82, 2.24) is 29.5 Å². The summed E-state index contributed by atoms with van der Waals surface area (Å²) in [5.74, 6) is 0.993. The van der Waals surface area contributed by atoms with Gasteiger partial charge in [0.25, 0.3) is 0 Å². The standard InChI is InChI=1S/C32H39N9O2/c1-5-32(42)37-26-17-27(36-31-18-25(33-21-34-31)22-6-7-23-20-35-39(3)28(23)16-22)30(43-4)19-29(26)41-14-12-40(13-15-41)24-8-10-38(2)11-9-24/h5-7,16-21,24H,1,8-15H2,2-4H3,(H,37,42)(H,33,34,36). The van der Waals surface area contributed by atoms with E-state index < -0.39 is 0 Å². The number of nitrogens with one attached hydrogen (secondary N) is 2. The van der Waals surface area contributed by atoms with E-state index in [0.717, 1.165) is 67.1 Å². The minimum Gasteiger partial charge on any atom is -0.494 e. The van der Waals surface area contributed by atoms with Gasteiger partial charge in [-0.3, -0.25) is 14.4 Å². The second-order valence-electron chi connectivity index (χ2n) is 11.3. The monoisotopic (exact) mass is 581 g/mol. The van der Waals surface area contributed by atoms with E-state index in [4.69, 9.17) is 4.74 Å². The van der Waals surface area contributed by atoms with Crippen LogP contribution in [0.2, 0.25) is 0 Å². The topological polar surface area (TPSA) is 104 Å². The predicted molar refractivity (Wildman–Crippen MR) is 171 cm³/mol. The van der Waals surface area contributed by atoms with Crippen molar-refractivity contribution in [2.45, 2.75) is 18.9 Å². The number of hydrogen-bond donors (Lipinski definition) is 2. The summed E-state index contributed by atoms with van der Waals surface area (Å²) in [6.45, 7) is 9.67. The Kier molecular flexibility index (Phi) is 8.26. The highest BCUT2D eigenvalue weighted by Crippen LogP contribution is 2.39. The van der Waals surface area contributed by atoms with Gasteiger partial charge in [-0.1, -0.05) is 18.7 Å². The first kappa shape index (κ1) is 28.6. The van der Waals surface area contributed by atoms with Crippen molar-refractivity contribution < 1.29 is 9.53 Å². The first-order valence-corrected chi connectivity index (χ1v) is 14.8.